The molecule has 170 valence electrons. The highest BCUT2D eigenvalue weighted by Gasteiger charge is 2.33. The highest BCUT2D eigenvalue weighted by molar-refractivity contribution is 7.18. The third-order valence-electron chi connectivity index (χ3n) is 5.24. The molecule has 1 unspecified atom stereocenters. The van der Waals surface area contributed by atoms with Gasteiger partial charge in [-0.1, -0.05) is 39.0 Å². The standard InChI is InChI=1S/C25H23FN2O4S/c1-25(2,3)22(24(30)31)28-23(29)17-10-8-14-12-15(26)9-11-16(14)21(17)32-13-20-27-18-6-4-5-7-19(18)33-20/h4-12,22H,13H2,1-3H3,(H,28,29)(H,30,31). The number of fused-ring (bicyclic) bond motifs is 2. The van der Waals surface area contributed by atoms with Crippen molar-refractivity contribution >= 4 is 44.2 Å². The van der Waals surface area contributed by atoms with Crippen LogP contribution in [0.5, 0.6) is 5.75 Å². The Morgan fingerprint density at radius 2 is 1.91 bits per heavy atom. The lowest BCUT2D eigenvalue weighted by Gasteiger charge is -2.28. The summed E-state index contributed by atoms with van der Waals surface area (Å²) in [6.45, 7) is 5.32. The number of carbonyl (C=O) groups is 2. The topological polar surface area (TPSA) is 88.5 Å². The highest BCUT2D eigenvalue weighted by Crippen LogP contribution is 2.33. The van der Waals surface area contributed by atoms with Gasteiger partial charge in [-0.15, -0.1) is 11.3 Å². The fourth-order valence-electron chi connectivity index (χ4n) is 3.58. The zero-order valence-electron chi connectivity index (χ0n) is 18.4. The third kappa shape index (κ3) is 4.80. The molecule has 33 heavy (non-hydrogen) atoms. The molecule has 0 radical (unpaired) electrons. The summed E-state index contributed by atoms with van der Waals surface area (Å²) in [5.41, 5.74) is 0.322. The van der Waals surface area contributed by atoms with Gasteiger partial charge >= 0.3 is 5.97 Å². The van der Waals surface area contributed by atoms with E-state index in [1.165, 1.54) is 29.5 Å². The lowest BCUT2D eigenvalue weighted by molar-refractivity contribution is -0.142. The van der Waals surface area contributed by atoms with Crippen molar-refractivity contribution in [3.8, 4) is 5.75 Å². The molecule has 0 bridgehead atoms. The number of ether oxygens (including phenoxy) is 1. The summed E-state index contributed by atoms with van der Waals surface area (Å²) in [5.74, 6) is -1.86. The van der Waals surface area contributed by atoms with Crippen molar-refractivity contribution in [2.45, 2.75) is 33.4 Å². The van der Waals surface area contributed by atoms with Gasteiger partial charge in [0.15, 0.2) is 0 Å². The number of thiazole rings is 1. The summed E-state index contributed by atoms with van der Waals surface area (Å²) < 4.78 is 20.9. The number of halogens is 1. The van der Waals surface area contributed by atoms with E-state index < -0.39 is 29.2 Å². The Morgan fingerprint density at radius 3 is 2.61 bits per heavy atom. The normalized spacial score (nSPS) is 12.6. The monoisotopic (exact) mass is 466 g/mol. The van der Waals surface area contributed by atoms with E-state index in [9.17, 15) is 19.1 Å². The number of rotatable bonds is 6. The number of nitrogens with one attached hydrogen (secondary N) is 1. The average molecular weight is 467 g/mol. The molecule has 0 spiro atoms. The molecular formula is C25H23FN2O4S. The second-order valence-electron chi connectivity index (χ2n) is 8.78. The maximum absolute atomic E-state index is 13.8. The molecule has 0 aliphatic rings. The van der Waals surface area contributed by atoms with Gasteiger partial charge in [0, 0.05) is 5.39 Å². The Kier molecular flexibility index (Phi) is 6.03. The summed E-state index contributed by atoms with van der Waals surface area (Å²) in [5, 5.41) is 14.0. The maximum atomic E-state index is 13.8. The van der Waals surface area contributed by atoms with E-state index in [4.69, 9.17) is 4.74 Å². The average Bonchev–Trinajstić information content (AvgIpc) is 3.17. The second kappa shape index (κ2) is 8.78. The molecule has 1 amide bonds. The van der Waals surface area contributed by atoms with Crippen LogP contribution >= 0.6 is 11.3 Å². The molecule has 0 saturated heterocycles. The van der Waals surface area contributed by atoms with Crippen molar-refractivity contribution in [3.05, 3.63) is 71.0 Å². The molecule has 1 atom stereocenters. The molecule has 2 N–H and O–H groups in total. The van der Waals surface area contributed by atoms with Gasteiger partial charge in [-0.3, -0.25) is 4.79 Å². The van der Waals surface area contributed by atoms with E-state index in [1.54, 1.807) is 32.9 Å². The van der Waals surface area contributed by atoms with E-state index >= 15 is 0 Å². The number of aliphatic carboxylic acids is 1. The van der Waals surface area contributed by atoms with Crippen LogP contribution in [-0.4, -0.2) is 28.0 Å². The minimum absolute atomic E-state index is 0.109. The van der Waals surface area contributed by atoms with Gasteiger partial charge < -0.3 is 15.2 Å². The number of carboxylic acid groups (broad SMARTS) is 1. The highest BCUT2D eigenvalue weighted by atomic mass is 32.1. The largest absolute Gasteiger partial charge is 0.485 e. The van der Waals surface area contributed by atoms with Crippen molar-refractivity contribution in [1.82, 2.24) is 10.3 Å². The molecule has 6 nitrogen and oxygen atoms in total. The minimum Gasteiger partial charge on any atom is -0.485 e. The molecular weight excluding hydrogens is 443 g/mol. The number of nitrogens with zero attached hydrogens (tertiary/aromatic N) is 1. The van der Waals surface area contributed by atoms with Crippen molar-refractivity contribution in [2.24, 2.45) is 5.41 Å². The maximum Gasteiger partial charge on any atom is 0.326 e. The smallest absolute Gasteiger partial charge is 0.326 e. The van der Waals surface area contributed by atoms with Gasteiger partial charge in [0.1, 0.15) is 29.2 Å². The van der Waals surface area contributed by atoms with Gasteiger partial charge in [-0.25, -0.2) is 14.2 Å². The Morgan fingerprint density at radius 1 is 1.15 bits per heavy atom. The first-order valence-electron chi connectivity index (χ1n) is 10.4. The Labute approximate surface area is 194 Å². The fourth-order valence-corrected chi connectivity index (χ4v) is 4.46. The SMILES string of the molecule is CC(C)(C)C(NC(=O)c1ccc2cc(F)ccc2c1OCc1nc2ccccc2s1)C(=O)O. The molecule has 4 aromatic rings. The first kappa shape index (κ1) is 22.7. The van der Waals surface area contributed by atoms with Crippen LogP contribution in [0.2, 0.25) is 0 Å². The summed E-state index contributed by atoms with van der Waals surface area (Å²) in [7, 11) is 0. The van der Waals surface area contributed by atoms with E-state index in [-0.39, 0.29) is 17.9 Å². The molecule has 8 heteroatoms. The van der Waals surface area contributed by atoms with E-state index in [2.05, 4.69) is 10.3 Å². The van der Waals surface area contributed by atoms with Gasteiger partial charge in [-0.2, -0.15) is 0 Å². The minimum atomic E-state index is -1.13. The molecule has 1 aromatic heterocycles. The van der Waals surface area contributed by atoms with Crippen LogP contribution < -0.4 is 10.1 Å². The zero-order chi connectivity index (χ0) is 23.8. The molecule has 0 fully saturated rings. The van der Waals surface area contributed by atoms with Crippen LogP contribution in [0.4, 0.5) is 4.39 Å². The number of para-hydroxylation sites is 1. The number of aromatic nitrogens is 1. The Bertz CT molecular complexity index is 1330. The third-order valence-corrected chi connectivity index (χ3v) is 6.25. The predicted octanol–water partition coefficient (Wildman–Crippen LogP) is 5.40. The van der Waals surface area contributed by atoms with Crippen LogP contribution in [0.15, 0.2) is 54.6 Å². The van der Waals surface area contributed by atoms with E-state index in [0.29, 0.717) is 10.8 Å². The van der Waals surface area contributed by atoms with Crippen LogP contribution in [-0.2, 0) is 11.4 Å². The lowest BCUT2D eigenvalue weighted by atomic mass is 9.86. The predicted molar refractivity (Wildman–Crippen MR) is 126 cm³/mol. The number of benzene rings is 3. The van der Waals surface area contributed by atoms with E-state index in [1.807, 2.05) is 24.3 Å². The van der Waals surface area contributed by atoms with E-state index in [0.717, 1.165) is 15.2 Å². The zero-order valence-corrected chi connectivity index (χ0v) is 19.2. The Hall–Kier alpha value is -3.52. The van der Waals surface area contributed by atoms with Crippen LogP contribution in [0.3, 0.4) is 0 Å². The molecule has 4 rings (SSSR count). The number of amides is 1. The summed E-state index contributed by atoms with van der Waals surface area (Å²) >= 11 is 1.48. The number of carbonyl (C=O) groups excluding carboxylic acids is 1. The fraction of sp³-hybridized carbons (Fsp3) is 0.240. The molecule has 3 aromatic carbocycles. The van der Waals surface area contributed by atoms with Gasteiger partial charge in [0.25, 0.3) is 5.91 Å². The van der Waals surface area contributed by atoms with Crippen molar-refractivity contribution < 1.29 is 23.8 Å². The lowest BCUT2D eigenvalue weighted by Crippen LogP contribution is -2.49. The first-order valence-corrected chi connectivity index (χ1v) is 11.2. The Balaban J connectivity index is 1.71. The number of hydrogen-bond acceptors (Lipinski definition) is 5. The van der Waals surface area contributed by atoms with Crippen molar-refractivity contribution in [2.75, 3.05) is 0 Å². The molecule has 0 saturated carbocycles. The van der Waals surface area contributed by atoms with Gasteiger partial charge in [0.2, 0.25) is 0 Å². The molecule has 1 heterocycles. The van der Waals surface area contributed by atoms with Crippen LogP contribution in [0.1, 0.15) is 36.1 Å². The van der Waals surface area contributed by atoms with Gasteiger partial charge in [0.05, 0.1) is 15.8 Å². The quantitative estimate of drug-likeness (QED) is 0.397. The second-order valence-corrected chi connectivity index (χ2v) is 9.90. The summed E-state index contributed by atoms with van der Waals surface area (Å²) in [4.78, 5) is 29.5. The summed E-state index contributed by atoms with van der Waals surface area (Å²) in [6.07, 6.45) is 0. The van der Waals surface area contributed by atoms with Crippen molar-refractivity contribution in [1.29, 1.82) is 0 Å². The van der Waals surface area contributed by atoms with Crippen LogP contribution in [0.25, 0.3) is 21.0 Å². The molecule has 0 aliphatic heterocycles. The van der Waals surface area contributed by atoms with Gasteiger partial charge in [-0.05, 0) is 47.2 Å². The van der Waals surface area contributed by atoms with Crippen molar-refractivity contribution in [3.63, 3.8) is 0 Å². The first-order chi connectivity index (χ1) is 15.6. The number of hydrogen-bond donors (Lipinski definition) is 2. The summed E-state index contributed by atoms with van der Waals surface area (Å²) in [6, 6.07) is 13.9. The molecule has 0 aliphatic carbocycles. The number of carboxylic acids is 1. The van der Waals surface area contributed by atoms with Crippen LogP contribution in [0, 0.1) is 11.2 Å².